The second-order valence-corrected chi connectivity index (χ2v) is 6.63. The minimum absolute atomic E-state index is 0.0167. The van der Waals surface area contributed by atoms with E-state index < -0.39 is 5.97 Å². The van der Waals surface area contributed by atoms with E-state index in [1.807, 2.05) is 25.7 Å². The van der Waals surface area contributed by atoms with Crippen LogP contribution in [0.2, 0.25) is 0 Å². The van der Waals surface area contributed by atoms with Gasteiger partial charge in [0.25, 0.3) is 0 Å². The first-order chi connectivity index (χ1) is 10.9. The number of carbonyl (C=O) groups excluding carboxylic acids is 1. The van der Waals surface area contributed by atoms with Crippen LogP contribution in [0.1, 0.15) is 37.8 Å². The maximum absolute atomic E-state index is 12.7. The largest absolute Gasteiger partial charge is 0.480 e. The highest BCUT2D eigenvalue weighted by molar-refractivity contribution is 5.80. The van der Waals surface area contributed by atoms with Crippen molar-refractivity contribution in [1.29, 1.82) is 0 Å². The van der Waals surface area contributed by atoms with Gasteiger partial charge in [-0.3, -0.25) is 14.5 Å². The van der Waals surface area contributed by atoms with Gasteiger partial charge >= 0.3 is 5.97 Å². The van der Waals surface area contributed by atoms with Gasteiger partial charge in [-0.05, 0) is 39.2 Å². The van der Waals surface area contributed by atoms with Crippen molar-refractivity contribution in [2.75, 3.05) is 13.1 Å². The van der Waals surface area contributed by atoms with Crippen LogP contribution in [0.15, 0.2) is 24.3 Å². The molecule has 1 aromatic carbocycles. The molecule has 23 heavy (non-hydrogen) atoms. The standard InChI is InChI=1S/C18H26N2O3/c1-13(2)19(12-18(22)23)11-17(21)20(16-8-9-16)10-15-6-4-14(3)5-7-15/h4-7,13,16H,8-12H2,1-3H3,(H,22,23). The Hall–Kier alpha value is -1.88. The topological polar surface area (TPSA) is 60.9 Å². The first kappa shape index (κ1) is 17.5. The van der Waals surface area contributed by atoms with Crippen LogP contribution in [0.3, 0.4) is 0 Å². The maximum Gasteiger partial charge on any atom is 0.317 e. The van der Waals surface area contributed by atoms with Gasteiger partial charge < -0.3 is 10.0 Å². The van der Waals surface area contributed by atoms with E-state index in [1.54, 1.807) is 4.90 Å². The van der Waals surface area contributed by atoms with Crippen molar-refractivity contribution in [2.24, 2.45) is 0 Å². The third kappa shape index (κ3) is 5.36. The molecule has 2 rings (SSSR count). The molecule has 1 aliphatic carbocycles. The molecular weight excluding hydrogens is 292 g/mol. The van der Waals surface area contributed by atoms with E-state index in [1.165, 1.54) is 5.56 Å². The summed E-state index contributed by atoms with van der Waals surface area (Å²) in [6.07, 6.45) is 2.08. The number of carboxylic acids is 1. The van der Waals surface area contributed by atoms with Crippen LogP contribution in [0.25, 0.3) is 0 Å². The van der Waals surface area contributed by atoms with Crippen molar-refractivity contribution in [3.8, 4) is 0 Å². The smallest absolute Gasteiger partial charge is 0.317 e. The Labute approximate surface area is 137 Å². The zero-order valence-electron chi connectivity index (χ0n) is 14.2. The fourth-order valence-electron chi connectivity index (χ4n) is 2.56. The molecule has 0 aliphatic heterocycles. The molecule has 0 heterocycles. The van der Waals surface area contributed by atoms with Gasteiger partial charge in [-0.15, -0.1) is 0 Å². The number of rotatable bonds is 8. The average molecular weight is 318 g/mol. The van der Waals surface area contributed by atoms with Gasteiger partial charge in [-0.2, -0.15) is 0 Å². The molecule has 0 aromatic heterocycles. The van der Waals surface area contributed by atoms with Gasteiger partial charge in [0.2, 0.25) is 5.91 Å². The quantitative estimate of drug-likeness (QED) is 0.799. The number of nitrogens with zero attached hydrogens (tertiary/aromatic N) is 2. The van der Waals surface area contributed by atoms with E-state index >= 15 is 0 Å². The molecule has 1 fully saturated rings. The number of benzene rings is 1. The summed E-state index contributed by atoms with van der Waals surface area (Å²) in [6, 6.07) is 8.54. The molecule has 0 saturated heterocycles. The second kappa shape index (κ2) is 7.59. The molecule has 5 heteroatoms. The minimum atomic E-state index is -0.900. The predicted molar refractivity (Wildman–Crippen MR) is 89.1 cm³/mol. The van der Waals surface area contributed by atoms with Crippen molar-refractivity contribution >= 4 is 11.9 Å². The molecule has 126 valence electrons. The third-order valence-corrected chi connectivity index (χ3v) is 4.19. The molecule has 1 saturated carbocycles. The van der Waals surface area contributed by atoms with Crippen LogP contribution in [-0.4, -0.2) is 52.0 Å². The Morgan fingerprint density at radius 2 is 1.78 bits per heavy atom. The molecule has 1 aliphatic rings. The van der Waals surface area contributed by atoms with Crippen LogP contribution in [-0.2, 0) is 16.1 Å². The molecule has 1 amide bonds. The number of carbonyl (C=O) groups is 2. The molecule has 0 unspecified atom stereocenters. The predicted octanol–water partition coefficient (Wildman–Crippen LogP) is 2.28. The Morgan fingerprint density at radius 1 is 1.17 bits per heavy atom. The van der Waals surface area contributed by atoms with Crippen LogP contribution in [0.4, 0.5) is 0 Å². The molecule has 0 bridgehead atoms. The van der Waals surface area contributed by atoms with E-state index in [-0.39, 0.29) is 25.0 Å². The summed E-state index contributed by atoms with van der Waals surface area (Å²) >= 11 is 0. The molecule has 0 radical (unpaired) electrons. The van der Waals surface area contributed by atoms with Crippen molar-refractivity contribution in [3.63, 3.8) is 0 Å². The lowest BCUT2D eigenvalue weighted by atomic mass is 10.1. The van der Waals surface area contributed by atoms with E-state index in [0.717, 1.165) is 18.4 Å². The Morgan fingerprint density at radius 3 is 2.26 bits per heavy atom. The highest BCUT2D eigenvalue weighted by atomic mass is 16.4. The summed E-state index contributed by atoms with van der Waals surface area (Å²) in [4.78, 5) is 27.3. The average Bonchev–Trinajstić information content (AvgIpc) is 3.29. The first-order valence-corrected chi connectivity index (χ1v) is 8.17. The van der Waals surface area contributed by atoms with E-state index in [2.05, 4.69) is 24.3 Å². The number of hydrogen-bond donors (Lipinski definition) is 1. The summed E-state index contributed by atoms with van der Waals surface area (Å²) in [6.45, 7) is 6.52. The monoisotopic (exact) mass is 318 g/mol. The third-order valence-electron chi connectivity index (χ3n) is 4.19. The van der Waals surface area contributed by atoms with Crippen LogP contribution < -0.4 is 0 Å². The van der Waals surface area contributed by atoms with Gasteiger partial charge in [-0.25, -0.2) is 0 Å². The molecular formula is C18H26N2O3. The fourth-order valence-corrected chi connectivity index (χ4v) is 2.56. The van der Waals surface area contributed by atoms with Crippen LogP contribution >= 0.6 is 0 Å². The normalized spacial score (nSPS) is 14.3. The van der Waals surface area contributed by atoms with Gasteiger partial charge in [0.05, 0.1) is 13.1 Å². The van der Waals surface area contributed by atoms with E-state index in [9.17, 15) is 9.59 Å². The summed E-state index contributed by atoms with van der Waals surface area (Å²) in [5.74, 6) is -0.883. The summed E-state index contributed by atoms with van der Waals surface area (Å²) < 4.78 is 0. The number of amides is 1. The lowest BCUT2D eigenvalue weighted by Crippen LogP contribution is -2.45. The van der Waals surface area contributed by atoms with E-state index in [4.69, 9.17) is 5.11 Å². The zero-order chi connectivity index (χ0) is 17.0. The Balaban J connectivity index is 2.03. The number of hydrogen-bond acceptors (Lipinski definition) is 3. The van der Waals surface area contributed by atoms with Gasteiger partial charge in [-0.1, -0.05) is 29.8 Å². The van der Waals surface area contributed by atoms with Crippen LogP contribution in [0, 0.1) is 6.92 Å². The van der Waals surface area contributed by atoms with Crippen molar-refractivity contribution in [1.82, 2.24) is 9.80 Å². The molecule has 1 aromatic rings. The van der Waals surface area contributed by atoms with Gasteiger partial charge in [0.15, 0.2) is 0 Å². The van der Waals surface area contributed by atoms with Crippen molar-refractivity contribution < 1.29 is 14.7 Å². The summed E-state index contributed by atoms with van der Waals surface area (Å²) in [7, 11) is 0. The number of aryl methyl sites for hydroxylation is 1. The van der Waals surface area contributed by atoms with Crippen molar-refractivity contribution in [2.45, 2.75) is 52.2 Å². The lowest BCUT2D eigenvalue weighted by molar-refractivity contribution is -0.140. The Kier molecular flexibility index (Phi) is 5.77. The number of aliphatic carboxylic acids is 1. The van der Waals surface area contributed by atoms with Crippen LogP contribution in [0.5, 0.6) is 0 Å². The Bertz CT molecular complexity index is 550. The minimum Gasteiger partial charge on any atom is -0.480 e. The molecule has 0 atom stereocenters. The fraction of sp³-hybridized carbons (Fsp3) is 0.556. The zero-order valence-corrected chi connectivity index (χ0v) is 14.2. The van der Waals surface area contributed by atoms with Gasteiger partial charge in [0.1, 0.15) is 0 Å². The highest BCUT2D eigenvalue weighted by Gasteiger charge is 2.33. The lowest BCUT2D eigenvalue weighted by Gasteiger charge is -2.29. The SMILES string of the molecule is Cc1ccc(CN(C(=O)CN(CC(=O)O)C(C)C)C2CC2)cc1. The maximum atomic E-state index is 12.7. The second-order valence-electron chi connectivity index (χ2n) is 6.63. The molecule has 1 N–H and O–H groups in total. The van der Waals surface area contributed by atoms with Gasteiger partial charge in [0, 0.05) is 18.6 Å². The summed E-state index contributed by atoms with van der Waals surface area (Å²) in [5.41, 5.74) is 2.32. The summed E-state index contributed by atoms with van der Waals surface area (Å²) in [5, 5.41) is 9.00. The molecule has 0 spiro atoms. The van der Waals surface area contributed by atoms with E-state index in [0.29, 0.717) is 12.6 Å². The van der Waals surface area contributed by atoms with Crippen molar-refractivity contribution in [3.05, 3.63) is 35.4 Å². The molecule has 5 nitrogen and oxygen atoms in total. The number of carboxylic acid groups (broad SMARTS) is 1. The first-order valence-electron chi connectivity index (χ1n) is 8.17. The highest BCUT2D eigenvalue weighted by Crippen LogP contribution is 2.28.